The standard InChI is InChI=1S/C26H30N2O2S/c29-25(16-15-19-8-7-11-21(18-19)30-20-9-1-2-10-20)28-17-6-5-13-23(28)26-27-22-12-3-4-14-24(22)31-26/h3-4,7-8,11-12,14,18,20,23H,1-2,5-6,9-10,13,15-17H2. The summed E-state index contributed by atoms with van der Waals surface area (Å²) in [5, 5.41) is 1.08. The minimum Gasteiger partial charge on any atom is -0.490 e. The van der Waals surface area contributed by atoms with Gasteiger partial charge in [0.05, 0.1) is 22.4 Å². The van der Waals surface area contributed by atoms with E-state index in [4.69, 9.17) is 9.72 Å². The van der Waals surface area contributed by atoms with Crippen molar-refractivity contribution in [3.05, 3.63) is 59.1 Å². The SMILES string of the molecule is O=C(CCc1cccc(OC2CCCC2)c1)N1CCCCC1c1nc2ccccc2s1. The van der Waals surface area contributed by atoms with Gasteiger partial charge in [-0.2, -0.15) is 0 Å². The molecule has 1 saturated heterocycles. The van der Waals surface area contributed by atoms with E-state index < -0.39 is 0 Å². The molecule has 162 valence electrons. The summed E-state index contributed by atoms with van der Waals surface area (Å²) < 4.78 is 7.34. The number of thiazole rings is 1. The van der Waals surface area contributed by atoms with Crippen LogP contribution in [0.25, 0.3) is 10.2 Å². The van der Waals surface area contributed by atoms with Crippen molar-refractivity contribution in [3.8, 4) is 5.75 Å². The van der Waals surface area contributed by atoms with Gasteiger partial charge in [0.2, 0.25) is 5.91 Å². The van der Waals surface area contributed by atoms with Gasteiger partial charge in [-0.3, -0.25) is 4.79 Å². The lowest BCUT2D eigenvalue weighted by Crippen LogP contribution is -2.38. The Balaban J connectivity index is 1.24. The third-order valence-electron chi connectivity index (χ3n) is 6.55. The maximum Gasteiger partial charge on any atom is 0.223 e. The Labute approximate surface area is 188 Å². The number of piperidine rings is 1. The summed E-state index contributed by atoms with van der Waals surface area (Å²) in [6.07, 6.45) is 9.75. The maximum absolute atomic E-state index is 13.2. The first-order chi connectivity index (χ1) is 15.3. The first-order valence-corrected chi connectivity index (χ1v) is 12.5. The Morgan fingerprint density at radius 1 is 1.03 bits per heavy atom. The fourth-order valence-electron chi connectivity index (χ4n) is 4.89. The average molecular weight is 435 g/mol. The van der Waals surface area contributed by atoms with E-state index >= 15 is 0 Å². The number of aromatic nitrogens is 1. The van der Waals surface area contributed by atoms with E-state index in [-0.39, 0.29) is 11.9 Å². The van der Waals surface area contributed by atoms with Crippen molar-refractivity contribution in [2.24, 2.45) is 0 Å². The molecule has 2 fully saturated rings. The van der Waals surface area contributed by atoms with E-state index in [1.54, 1.807) is 11.3 Å². The number of likely N-dealkylation sites (tertiary alicyclic amines) is 1. The van der Waals surface area contributed by atoms with Crippen LogP contribution in [0.5, 0.6) is 5.75 Å². The lowest BCUT2D eigenvalue weighted by atomic mass is 10.0. The minimum atomic E-state index is 0.121. The molecule has 0 N–H and O–H groups in total. The lowest BCUT2D eigenvalue weighted by molar-refractivity contribution is -0.135. The van der Waals surface area contributed by atoms with E-state index in [9.17, 15) is 4.79 Å². The normalized spacial score (nSPS) is 19.7. The van der Waals surface area contributed by atoms with Gasteiger partial charge in [0.1, 0.15) is 10.8 Å². The maximum atomic E-state index is 13.2. The van der Waals surface area contributed by atoms with E-state index in [2.05, 4.69) is 41.3 Å². The molecule has 1 aliphatic heterocycles. The zero-order valence-electron chi connectivity index (χ0n) is 18.0. The van der Waals surface area contributed by atoms with Gasteiger partial charge in [-0.15, -0.1) is 11.3 Å². The monoisotopic (exact) mass is 434 g/mol. The number of aryl methyl sites for hydroxylation is 1. The number of ether oxygens (including phenoxy) is 1. The number of nitrogens with zero attached hydrogens (tertiary/aromatic N) is 2. The van der Waals surface area contributed by atoms with Crippen molar-refractivity contribution < 1.29 is 9.53 Å². The van der Waals surface area contributed by atoms with Crippen molar-refractivity contribution in [1.29, 1.82) is 0 Å². The molecule has 31 heavy (non-hydrogen) atoms. The minimum absolute atomic E-state index is 0.121. The molecule has 0 spiro atoms. The largest absolute Gasteiger partial charge is 0.490 e. The highest BCUT2D eigenvalue weighted by atomic mass is 32.1. The van der Waals surface area contributed by atoms with Crippen LogP contribution in [0, 0.1) is 0 Å². The molecule has 0 bridgehead atoms. The molecule has 1 atom stereocenters. The van der Waals surface area contributed by atoms with Gasteiger partial charge in [-0.05, 0) is 81.2 Å². The first-order valence-electron chi connectivity index (χ1n) is 11.7. The third kappa shape index (κ3) is 4.77. The predicted octanol–water partition coefficient (Wildman–Crippen LogP) is 6.30. The van der Waals surface area contributed by atoms with Gasteiger partial charge in [-0.1, -0.05) is 24.3 Å². The molecule has 2 aliphatic rings. The van der Waals surface area contributed by atoms with Crippen LogP contribution in [0.2, 0.25) is 0 Å². The van der Waals surface area contributed by atoms with Gasteiger partial charge < -0.3 is 9.64 Å². The number of hydrogen-bond acceptors (Lipinski definition) is 4. The molecule has 3 aromatic rings. The number of para-hydroxylation sites is 1. The van der Waals surface area contributed by atoms with Crippen LogP contribution in [-0.4, -0.2) is 28.4 Å². The second-order valence-corrected chi connectivity index (χ2v) is 9.85. The van der Waals surface area contributed by atoms with Gasteiger partial charge in [0, 0.05) is 13.0 Å². The molecule has 1 amide bonds. The highest BCUT2D eigenvalue weighted by Crippen LogP contribution is 2.36. The van der Waals surface area contributed by atoms with Gasteiger partial charge in [-0.25, -0.2) is 4.98 Å². The molecule has 1 aliphatic carbocycles. The second-order valence-electron chi connectivity index (χ2n) is 8.79. The van der Waals surface area contributed by atoms with E-state index in [1.807, 2.05) is 12.1 Å². The summed E-state index contributed by atoms with van der Waals surface area (Å²) in [7, 11) is 0. The van der Waals surface area contributed by atoms with E-state index in [0.29, 0.717) is 12.5 Å². The molecule has 2 heterocycles. The number of hydrogen-bond donors (Lipinski definition) is 0. The first kappa shape index (κ1) is 20.5. The zero-order chi connectivity index (χ0) is 21.0. The molecule has 4 nitrogen and oxygen atoms in total. The van der Waals surface area contributed by atoms with Crippen molar-refractivity contribution in [3.63, 3.8) is 0 Å². The van der Waals surface area contributed by atoms with Crippen molar-refractivity contribution >= 4 is 27.5 Å². The fraction of sp³-hybridized carbons (Fsp3) is 0.462. The molecule has 5 heteroatoms. The highest BCUT2D eigenvalue weighted by molar-refractivity contribution is 7.18. The van der Waals surface area contributed by atoms with Crippen LogP contribution in [0.3, 0.4) is 0 Å². The summed E-state index contributed by atoms with van der Waals surface area (Å²) in [6, 6.07) is 16.7. The van der Waals surface area contributed by atoms with Crippen molar-refractivity contribution in [2.75, 3.05) is 6.54 Å². The van der Waals surface area contributed by atoms with Gasteiger partial charge >= 0.3 is 0 Å². The van der Waals surface area contributed by atoms with E-state index in [1.165, 1.54) is 23.1 Å². The van der Waals surface area contributed by atoms with Crippen LogP contribution >= 0.6 is 11.3 Å². The fourth-order valence-corrected chi connectivity index (χ4v) is 6.00. The smallest absolute Gasteiger partial charge is 0.223 e. The van der Waals surface area contributed by atoms with Gasteiger partial charge in [0.25, 0.3) is 0 Å². The topological polar surface area (TPSA) is 42.4 Å². The van der Waals surface area contributed by atoms with Crippen LogP contribution in [0.15, 0.2) is 48.5 Å². The summed E-state index contributed by atoms with van der Waals surface area (Å²) >= 11 is 1.73. The molecule has 1 saturated carbocycles. The van der Waals surface area contributed by atoms with Crippen LogP contribution in [-0.2, 0) is 11.2 Å². The molecular weight excluding hydrogens is 404 g/mol. The van der Waals surface area contributed by atoms with E-state index in [0.717, 1.165) is 61.3 Å². The number of amides is 1. The number of carbonyl (C=O) groups excluding carboxylic acids is 1. The zero-order valence-corrected chi connectivity index (χ0v) is 18.8. The Bertz CT molecular complexity index is 1010. The summed E-state index contributed by atoms with van der Waals surface area (Å²) in [5.41, 5.74) is 2.22. The molecule has 5 rings (SSSR count). The summed E-state index contributed by atoms with van der Waals surface area (Å²) in [6.45, 7) is 0.838. The molecule has 0 radical (unpaired) electrons. The number of rotatable bonds is 6. The Morgan fingerprint density at radius 3 is 2.74 bits per heavy atom. The second kappa shape index (κ2) is 9.39. The lowest BCUT2D eigenvalue weighted by Gasteiger charge is -2.34. The third-order valence-corrected chi connectivity index (χ3v) is 7.69. The Morgan fingerprint density at radius 2 is 1.87 bits per heavy atom. The van der Waals surface area contributed by atoms with Crippen molar-refractivity contribution in [2.45, 2.75) is 69.9 Å². The number of fused-ring (bicyclic) bond motifs is 1. The molecule has 2 aromatic carbocycles. The molecular formula is C26H30N2O2S. The highest BCUT2D eigenvalue weighted by Gasteiger charge is 2.30. The molecule has 1 aromatic heterocycles. The number of benzene rings is 2. The van der Waals surface area contributed by atoms with Crippen LogP contribution < -0.4 is 4.74 Å². The Hall–Kier alpha value is -2.40. The molecule has 1 unspecified atom stereocenters. The summed E-state index contributed by atoms with van der Waals surface area (Å²) in [5.74, 6) is 1.19. The number of carbonyl (C=O) groups is 1. The van der Waals surface area contributed by atoms with Crippen LogP contribution in [0.4, 0.5) is 0 Å². The Kier molecular flexibility index (Phi) is 6.21. The van der Waals surface area contributed by atoms with Crippen LogP contribution in [0.1, 0.15) is 68.0 Å². The summed E-state index contributed by atoms with van der Waals surface area (Å²) in [4.78, 5) is 20.1. The quantitative estimate of drug-likeness (QED) is 0.457. The predicted molar refractivity (Wildman–Crippen MR) is 126 cm³/mol. The average Bonchev–Trinajstić information content (AvgIpc) is 3.47. The van der Waals surface area contributed by atoms with Gasteiger partial charge in [0.15, 0.2) is 0 Å². The van der Waals surface area contributed by atoms with Crippen molar-refractivity contribution in [1.82, 2.24) is 9.88 Å².